The van der Waals surface area contributed by atoms with Crippen LogP contribution in [0.5, 0.6) is 5.75 Å². The third-order valence-electron chi connectivity index (χ3n) is 4.09. The molecule has 1 saturated heterocycles. The van der Waals surface area contributed by atoms with Gasteiger partial charge >= 0.3 is 0 Å². The average Bonchev–Trinajstić information content (AvgIpc) is 2.62. The molecule has 0 unspecified atom stereocenters. The first-order chi connectivity index (χ1) is 11.3. The lowest BCUT2D eigenvalue weighted by Gasteiger charge is -2.22. The summed E-state index contributed by atoms with van der Waals surface area (Å²) in [6, 6.07) is 17.6. The predicted molar refractivity (Wildman–Crippen MR) is 91.4 cm³/mol. The quantitative estimate of drug-likeness (QED) is 0.891. The molecule has 1 amide bonds. The Hall–Kier alpha value is -2.33. The number of carbonyl (C=O) groups excluding carboxylic acids is 1. The molecule has 1 aliphatic heterocycles. The van der Waals surface area contributed by atoms with E-state index in [1.165, 1.54) is 0 Å². The number of hydrogen-bond donors (Lipinski definition) is 2. The van der Waals surface area contributed by atoms with Crippen LogP contribution in [0.3, 0.4) is 0 Å². The molecule has 4 heteroatoms. The average molecular weight is 310 g/mol. The maximum Gasteiger partial charge on any atom is 0.227 e. The molecule has 23 heavy (non-hydrogen) atoms. The van der Waals surface area contributed by atoms with Gasteiger partial charge in [-0.15, -0.1) is 0 Å². The van der Waals surface area contributed by atoms with Crippen LogP contribution in [-0.4, -0.2) is 19.0 Å². The summed E-state index contributed by atoms with van der Waals surface area (Å²) in [6.07, 6.45) is 1.78. The highest BCUT2D eigenvalue weighted by Gasteiger charge is 2.21. The number of piperidine rings is 1. The molecule has 1 fully saturated rings. The zero-order valence-electron chi connectivity index (χ0n) is 13.1. The first-order valence-electron chi connectivity index (χ1n) is 8.10. The lowest BCUT2D eigenvalue weighted by molar-refractivity contribution is -0.120. The van der Waals surface area contributed by atoms with Crippen molar-refractivity contribution in [3.63, 3.8) is 0 Å². The molecule has 1 aliphatic rings. The van der Waals surface area contributed by atoms with Crippen molar-refractivity contribution in [3.05, 3.63) is 60.2 Å². The van der Waals surface area contributed by atoms with E-state index in [1.54, 1.807) is 0 Å². The van der Waals surface area contributed by atoms with Crippen LogP contribution < -0.4 is 15.4 Å². The topological polar surface area (TPSA) is 50.4 Å². The summed E-state index contributed by atoms with van der Waals surface area (Å²) in [5.41, 5.74) is 1.85. The first kappa shape index (κ1) is 15.6. The van der Waals surface area contributed by atoms with Gasteiger partial charge in [0.05, 0.1) is 5.69 Å². The van der Waals surface area contributed by atoms with Crippen molar-refractivity contribution in [2.24, 2.45) is 5.92 Å². The molecule has 0 spiro atoms. The van der Waals surface area contributed by atoms with Gasteiger partial charge < -0.3 is 15.4 Å². The second kappa shape index (κ2) is 7.79. The Bertz CT molecular complexity index is 637. The van der Waals surface area contributed by atoms with E-state index < -0.39 is 0 Å². The highest BCUT2D eigenvalue weighted by Crippen LogP contribution is 2.26. The minimum Gasteiger partial charge on any atom is -0.487 e. The highest BCUT2D eigenvalue weighted by atomic mass is 16.5. The SMILES string of the molecule is O=C(Nc1ccccc1OCc1ccccc1)C1CCNCC1. The molecule has 2 aromatic carbocycles. The largest absolute Gasteiger partial charge is 0.487 e. The molecule has 3 rings (SSSR count). The molecule has 0 atom stereocenters. The Balaban J connectivity index is 1.64. The summed E-state index contributed by atoms with van der Waals surface area (Å²) >= 11 is 0. The van der Waals surface area contributed by atoms with E-state index in [0.29, 0.717) is 12.4 Å². The summed E-state index contributed by atoms with van der Waals surface area (Å²) in [5.74, 6) is 0.874. The summed E-state index contributed by atoms with van der Waals surface area (Å²) < 4.78 is 5.88. The van der Waals surface area contributed by atoms with Crippen molar-refractivity contribution in [2.75, 3.05) is 18.4 Å². The summed E-state index contributed by atoms with van der Waals surface area (Å²) in [4.78, 5) is 12.4. The number of benzene rings is 2. The van der Waals surface area contributed by atoms with Crippen LogP contribution in [0.2, 0.25) is 0 Å². The predicted octanol–water partition coefficient (Wildman–Crippen LogP) is 3.20. The number of para-hydroxylation sites is 2. The summed E-state index contributed by atoms with van der Waals surface area (Å²) in [7, 11) is 0. The van der Waals surface area contributed by atoms with E-state index in [-0.39, 0.29) is 11.8 Å². The molecular formula is C19H22N2O2. The fraction of sp³-hybridized carbons (Fsp3) is 0.316. The molecule has 120 valence electrons. The molecule has 1 heterocycles. The number of amides is 1. The van der Waals surface area contributed by atoms with Crippen molar-refractivity contribution in [1.29, 1.82) is 0 Å². The maximum atomic E-state index is 12.4. The van der Waals surface area contributed by atoms with Crippen LogP contribution >= 0.6 is 0 Å². The van der Waals surface area contributed by atoms with Gasteiger partial charge in [-0.05, 0) is 43.6 Å². The smallest absolute Gasteiger partial charge is 0.227 e. The van der Waals surface area contributed by atoms with Gasteiger partial charge in [-0.25, -0.2) is 0 Å². The van der Waals surface area contributed by atoms with Crippen LogP contribution in [0.4, 0.5) is 5.69 Å². The van der Waals surface area contributed by atoms with Crippen LogP contribution in [-0.2, 0) is 11.4 Å². The Morgan fingerprint density at radius 1 is 1.04 bits per heavy atom. The van der Waals surface area contributed by atoms with Gasteiger partial charge in [0, 0.05) is 5.92 Å². The number of rotatable bonds is 5. The third kappa shape index (κ3) is 4.33. The summed E-state index contributed by atoms with van der Waals surface area (Å²) in [5, 5.41) is 6.30. The normalized spacial score (nSPS) is 15.1. The number of hydrogen-bond acceptors (Lipinski definition) is 3. The van der Waals surface area contributed by atoms with E-state index in [4.69, 9.17) is 4.74 Å². The number of ether oxygens (including phenoxy) is 1. The fourth-order valence-corrected chi connectivity index (χ4v) is 2.75. The van der Waals surface area contributed by atoms with Gasteiger partial charge in [0.25, 0.3) is 0 Å². The van der Waals surface area contributed by atoms with Crippen LogP contribution in [0.25, 0.3) is 0 Å². The second-order valence-corrected chi connectivity index (χ2v) is 5.78. The summed E-state index contributed by atoms with van der Waals surface area (Å²) in [6.45, 7) is 2.30. The first-order valence-corrected chi connectivity index (χ1v) is 8.10. The molecular weight excluding hydrogens is 288 g/mol. The van der Waals surface area contributed by atoms with E-state index in [0.717, 1.165) is 37.2 Å². The minimum absolute atomic E-state index is 0.0819. The maximum absolute atomic E-state index is 12.4. The van der Waals surface area contributed by atoms with Crippen molar-refractivity contribution < 1.29 is 9.53 Å². The lowest BCUT2D eigenvalue weighted by atomic mass is 9.97. The Kier molecular flexibility index (Phi) is 5.27. The lowest BCUT2D eigenvalue weighted by Crippen LogP contribution is -2.34. The second-order valence-electron chi connectivity index (χ2n) is 5.78. The molecule has 0 saturated carbocycles. The molecule has 0 aliphatic carbocycles. The van der Waals surface area contributed by atoms with Crippen LogP contribution in [0, 0.1) is 5.92 Å². The van der Waals surface area contributed by atoms with Gasteiger partial charge in [-0.1, -0.05) is 42.5 Å². The molecule has 2 N–H and O–H groups in total. The van der Waals surface area contributed by atoms with Crippen molar-refractivity contribution in [2.45, 2.75) is 19.4 Å². The van der Waals surface area contributed by atoms with Crippen LogP contribution in [0.15, 0.2) is 54.6 Å². The zero-order chi connectivity index (χ0) is 15.9. The van der Waals surface area contributed by atoms with Gasteiger partial charge in [-0.2, -0.15) is 0 Å². The van der Waals surface area contributed by atoms with Gasteiger partial charge in [0.1, 0.15) is 12.4 Å². The van der Waals surface area contributed by atoms with Gasteiger partial charge in [0.15, 0.2) is 0 Å². The molecule has 4 nitrogen and oxygen atoms in total. The van der Waals surface area contributed by atoms with Gasteiger partial charge in [-0.3, -0.25) is 4.79 Å². The Labute approximate surface area is 136 Å². The molecule has 0 aromatic heterocycles. The molecule has 2 aromatic rings. The highest BCUT2D eigenvalue weighted by molar-refractivity contribution is 5.94. The molecule has 0 radical (unpaired) electrons. The minimum atomic E-state index is 0.0819. The van der Waals surface area contributed by atoms with Crippen molar-refractivity contribution >= 4 is 11.6 Å². The van der Waals surface area contributed by atoms with Gasteiger partial charge in [0.2, 0.25) is 5.91 Å². The standard InChI is InChI=1S/C19H22N2O2/c22-19(16-10-12-20-13-11-16)21-17-8-4-5-9-18(17)23-14-15-6-2-1-3-7-15/h1-9,16,20H,10-14H2,(H,21,22). The van der Waals surface area contributed by atoms with E-state index in [9.17, 15) is 4.79 Å². The van der Waals surface area contributed by atoms with E-state index >= 15 is 0 Å². The van der Waals surface area contributed by atoms with E-state index in [2.05, 4.69) is 10.6 Å². The number of carbonyl (C=O) groups is 1. The van der Waals surface area contributed by atoms with Crippen molar-refractivity contribution in [1.82, 2.24) is 5.32 Å². The third-order valence-corrected chi connectivity index (χ3v) is 4.09. The zero-order valence-corrected chi connectivity index (χ0v) is 13.1. The van der Waals surface area contributed by atoms with Crippen LogP contribution in [0.1, 0.15) is 18.4 Å². The Morgan fingerprint density at radius 2 is 1.74 bits per heavy atom. The fourth-order valence-electron chi connectivity index (χ4n) is 2.75. The Morgan fingerprint density at radius 3 is 2.52 bits per heavy atom. The molecule has 0 bridgehead atoms. The monoisotopic (exact) mass is 310 g/mol. The number of nitrogens with one attached hydrogen (secondary N) is 2. The van der Waals surface area contributed by atoms with Crippen molar-refractivity contribution in [3.8, 4) is 5.75 Å². The van der Waals surface area contributed by atoms with E-state index in [1.807, 2.05) is 54.6 Å². The number of anilines is 1.